The number of likely N-dealkylation sites (tertiary alicyclic amines) is 3. The highest BCUT2D eigenvalue weighted by molar-refractivity contribution is 6.04. The third-order valence-electron chi connectivity index (χ3n) is 21.6. The number of anilines is 9. The summed E-state index contributed by atoms with van der Waals surface area (Å²) < 4.78 is 63.7. The Balaban J connectivity index is 0.000000129. The lowest BCUT2D eigenvalue weighted by Crippen LogP contribution is -2.46. The van der Waals surface area contributed by atoms with Crippen LogP contribution in [0.4, 0.5) is 64.7 Å². The minimum atomic E-state index is -0.513. The first-order valence-corrected chi connectivity index (χ1v) is 38.8. The second kappa shape index (κ2) is 33.4. The largest absolute Gasteiger partial charge is 0.435 e. The Bertz CT molecular complexity index is 5480. The highest BCUT2D eigenvalue weighted by atomic mass is 19.1. The molecule has 30 heteroatoms. The van der Waals surface area contributed by atoms with Crippen molar-refractivity contribution in [2.45, 2.75) is 47.0 Å². The molecule has 7 N–H and O–H groups in total. The zero-order valence-corrected chi connectivity index (χ0v) is 64.3. The number of aromatic nitrogens is 9. The van der Waals surface area contributed by atoms with Crippen LogP contribution >= 0.6 is 0 Å². The molecule has 0 unspecified atom stereocenters. The summed E-state index contributed by atoms with van der Waals surface area (Å²) in [5.41, 5.74) is 10.9. The van der Waals surface area contributed by atoms with E-state index < -0.39 is 17.5 Å². The number of nitrogens with zero attached hydrogens (tertiary/aromatic N) is 14. The molecular weight excluding hydrogens is 1460 g/mol. The van der Waals surface area contributed by atoms with Gasteiger partial charge in [0.2, 0.25) is 17.6 Å². The predicted molar refractivity (Wildman–Crippen MR) is 435 cm³/mol. The van der Waals surface area contributed by atoms with E-state index in [2.05, 4.69) is 129 Å². The third-order valence-corrected chi connectivity index (χ3v) is 21.6. The maximum atomic E-state index is 15.3. The fourth-order valence-electron chi connectivity index (χ4n) is 14.6. The fraction of sp³-hybridized carbons (Fsp3) is 0.321. The van der Waals surface area contributed by atoms with Crippen molar-refractivity contribution >= 4 is 102 Å². The lowest BCUT2D eigenvalue weighted by atomic mass is 10.1. The van der Waals surface area contributed by atoms with Crippen molar-refractivity contribution in [2.75, 3.05) is 162 Å². The first kappa shape index (κ1) is 75.5. The van der Waals surface area contributed by atoms with E-state index in [4.69, 9.17) is 14.2 Å². The summed E-state index contributed by atoms with van der Waals surface area (Å²) in [5.74, 6) is -1.30. The number of H-pyrrole nitrogens is 3. The topological polar surface area (TPSA) is 278 Å². The van der Waals surface area contributed by atoms with Crippen molar-refractivity contribution < 1.29 is 41.8 Å². The van der Waals surface area contributed by atoms with E-state index in [0.29, 0.717) is 89.4 Å². The highest BCUT2D eigenvalue weighted by Gasteiger charge is 2.34. The van der Waals surface area contributed by atoms with Gasteiger partial charge in [0.1, 0.15) is 35.7 Å². The number of halogens is 3. The van der Waals surface area contributed by atoms with Gasteiger partial charge in [0, 0.05) is 202 Å². The van der Waals surface area contributed by atoms with Crippen molar-refractivity contribution in [1.82, 2.24) is 74.7 Å². The lowest BCUT2D eigenvalue weighted by Gasteiger charge is -2.35. The summed E-state index contributed by atoms with van der Waals surface area (Å²) in [4.78, 5) is 92.5. The molecule has 6 aromatic heterocycles. The molecule has 6 aliphatic heterocycles. The third kappa shape index (κ3) is 16.4. The quantitative estimate of drug-likeness (QED) is 0.0396. The molecule has 12 heterocycles. The van der Waals surface area contributed by atoms with Crippen molar-refractivity contribution in [3.8, 4) is 34.9 Å². The molecule has 114 heavy (non-hydrogen) atoms. The first-order valence-electron chi connectivity index (χ1n) is 38.8. The van der Waals surface area contributed by atoms with E-state index in [1.165, 1.54) is 31.1 Å². The predicted octanol–water partition coefficient (Wildman–Crippen LogP) is 13.7. The molecule has 0 radical (unpaired) electrons. The number of fused-ring (bicyclic) bond motifs is 3. The Hall–Kier alpha value is -12.5. The molecule has 0 atom stereocenters. The van der Waals surface area contributed by atoms with Gasteiger partial charge in [0.15, 0.2) is 52.2 Å². The van der Waals surface area contributed by atoms with E-state index in [9.17, 15) is 14.4 Å². The van der Waals surface area contributed by atoms with Crippen LogP contribution in [0.5, 0.6) is 34.9 Å². The second-order valence-corrected chi connectivity index (χ2v) is 29.3. The molecule has 3 amide bonds. The van der Waals surface area contributed by atoms with Crippen LogP contribution in [0.1, 0.15) is 74.3 Å². The van der Waals surface area contributed by atoms with Gasteiger partial charge < -0.3 is 89.6 Å². The van der Waals surface area contributed by atoms with Crippen LogP contribution in [-0.4, -0.2) is 218 Å². The number of amides is 3. The van der Waals surface area contributed by atoms with Gasteiger partial charge in [0.05, 0.1) is 0 Å². The van der Waals surface area contributed by atoms with Crippen molar-refractivity contribution in [1.29, 1.82) is 0 Å². The number of aromatic amines is 3. The normalized spacial score (nSPS) is 15.8. The van der Waals surface area contributed by atoms with E-state index in [0.717, 1.165) is 156 Å². The van der Waals surface area contributed by atoms with E-state index in [-0.39, 0.29) is 69.3 Å². The fourth-order valence-corrected chi connectivity index (χ4v) is 14.6. The number of benzene rings is 6. The molecule has 0 spiro atoms. The molecule has 0 saturated carbocycles. The molecule has 6 saturated heterocycles. The van der Waals surface area contributed by atoms with E-state index >= 15 is 13.2 Å². The van der Waals surface area contributed by atoms with Crippen LogP contribution < -0.4 is 50.2 Å². The molecule has 6 aromatic carbocycles. The molecule has 588 valence electrons. The zero-order valence-electron chi connectivity index (χ0n) is 64.3. The molecule has 12 aromatic rings. The number of piperazine rings is 3. The summed E-state index contributed by atoms with van der Waals surface area (Å²) in [6, 6.07) is 39.2. The van der Waals surface area contributed by atoms with Gasteiger partial charge in [-0.25, -0.2) is 43.1 Å². The Labute approximate surface area is 656 Å². The average molecular weight is 1550 g/mol. The van der Waals surface area contributed by atoms with Gasteiger partial charge in [-0.1, -0.05) is 6.92 Å². The molecule has 6 aliphatic rings. The number of hydrogen-bond acceptors (Lipinski definition) is 21. The zero-order chi connectivity index (χ0) is 78.5. The number of rotatable bonds is 19. The molecule has 0 aliphatic carbocycles. The van der Waals surface area contributed by atoms with Crippen LogP contribution in [-0.2, 0) is 0 Å². The van der Waals surface area contributed by atoms with Gasteiger partial charge in [0.25, 0.3) is 17.7 Å². The molecule has 18 rings (SSSR count). The monoisotopic (exact) mass is 1550 g/mol. The van der Waals surface area contributed by atoms with Crippen molar-refractivity contribution in [2.24, 2.45) is 0 Å². The molecule has 0 bridgehead atoms. The van der Waals surface area contributed by atoms with E-state index in [1.807, 2.05) is 69.3 Å². The minimum absolute atomic E-state index is 0.00340. The SMILES string of the molecule is CCN1CCN(c2ccc(Nc3ncnc(Oc4ccc5[nH]c(C)cc5c4F)c3C(=O)N3CCC3)cc2)CC1.Cc1cc2c(F)c(Oc3ncnc(Nc4ccc(N5CCN(C)CC5)cc4)c3C(=O)N3CCC3)ccc2[nH]1.Cc1cc2c(F)c(Oc3ncnc(Nc4ccc(N5CCNCC5)cc4)c3C(=O)N3CCC3)ccc2[nH]1. The highest BCUT2D eigenvalue weighted by Crippen LogP contribution is 2.40. The number of ether oxygens (including phenoxy) is 3. The van der Waals surface area contributed by atoms with Crippen LogP contribution in [0.15, 0.2) is 146 Å². The summed E-state index contributed by atoms with van der Waals surface area (Å²) >= 11 is 0. The van der Waals surface area contributed by atoms with Crippen LogP contribution in [0.25, 0.3) is 32.7 Å². The van der Waals surface area contributed by atoms with Crippen LogP contribution in [0.2, 0.25) is 0 Å². The number of carbonyl (C=O) groups excluding carboxylic acids is 3. The van der Waals surface area contributed by atoms with Gasteiger partial charge in [-0.2, -0.15) is 0 Å². The molecular formula is C84H90F3N21O6. The Morgan fingerprint density at radius 1 is 0.395 bits per heavy atom. The minimum Gasteiger partial charge on any atom is -0.435 e. The Kier molecular flexibility index (Phi) is 22.1. The summed E-state index contributed by atoms with van der Waals surface area (Å²) in [7, 11) is 2.14. The second-order valence-electron chi connectivity index (χ2n) is 29.3. The number of carbonyl (C=O) groups is 3. The average Bonchev–Trinajstić information content (AvgIpc) is 0.826. The lowest BCUT2D eigenvalue weighted by molar-refractivity contribution is 0.0641. The van der Waals surface area contributed by atoms with Crippen molar-refractivity contribution in [3.63, 3.8) is 0 Å². The summed E-state index contributed by atoms with van der Waals surface area (Å²) in [6.07, 6.45) is 6.76. The number of likely N-dealkylation sites (N-methyl/N-ethyl adjacent to an activating group) is 2. The summed E-state index contributed by atoms with van der Waals surface area (Å²) in [5, 5.41) is 14.4. The number of nitrogens with one attached hydrogen (secondary N) is 7. The van der Waals surface area contributed by atoms with Gasteiger partial charge in [-0.15, -0.1) is 0 Å². The maximum Gasteiger partial charge on any atom is 0.263 e. The van der Waals surface area contributed by atoms with Crippen molar-refractivity contribution in [3.05, 3.63) is 198 Å². The Morgan fingerprint density at radius 3 is 1.00 bits per heavy atom. The number of aryl methyl sites for hydroxylation is 3. The van der Waals surface area contributed by atoms with E-state index in [1.54, 1.807) is 57.2 Å². The number of hydrogen-bond donors (Lipinski definition) is 7. The molecule has 6 fully saturated rings. The Morgan fingerprint density at radius 2 is 0.702 bits per heavy atom. The van der Waals surface area contributed by atoms with Crippen LogP contribution in [0.3, 0.4) is 0 Å². The van der Waals surface area contributed by atoms with Gasteiger partial charge in [-0.3, -0.25) is 14.4 Å². The van der Waals surface area contributed by atoms with Gasteiger partial charge >= 0.3 is 0 Å². The smallest absolute Gasteiger partial charge is 0.263 e. The standard InChI is InChI=1S/C29H32FN7O2.C28H30FN7O2.C27H28FN7O2/c1-3-35-13-15-36(16-14-35)21-7-5-20(6-8-21)34-27-25(29(38)37-11-4-12-37)28(32-18-31-27)39-24-10-9-23-22(26(24)30)17-19(2)33-23;1-18-16-21-22(32-18)8-9-23(25(21)29)38-27-24(28(37)36-10-3-11-36)26(30-17-31-27)33-19-4-6-20(7-5-19)35-14-12-34(2)13-15-35;1-17-15-20-21(32-17)7-8-22(24(20)28)37-26-23(27(36)35-11-2-12-35)25(30-16-31-26)33-18-3-5-19(6-4-18)34-13-9-29-10-14-34/h5-10,17-18,33H,3-4,11-16H2,1-2H3,(H,31,32,34);4-9,16-17,32H,3,10-15H2,1-2H3,(H,30,31,33);3-8,15-16,29,32H,2,9-14H2,1H3,(H,30,31,33). The van der Waals surface area contributed by atoms with Gasteiger partial charge in [-0.05, 0) is 181 Å². The molecule has 27 nitrogen and oxygen atoms in total. The summed E-state index contributed by atoms with van der Waals surface area (Å²) in [6.45, 7) is 24.7. The first-order chi connectivity index (χ1) is 55.5. The van der Waals surface area contributed by atoms with Crippen LogP contribution in [0, 0.1) is 38.2 Å². The maximum absolute atomic E-state index is 15.3.